The number of aryl methyl sites for hydroxylation is 1. The summed E-state index contributed by atoms with van der Waals surface area (Å²) in [6, 6.07) is 7.75. The number of H-pyrrole nitrogens is 1. The number of hydrogen-bond acceptors (Lipinski definition) is 3. The SMILES string of the molecule is Cc1[nH]nc(CCl)c1S(=O)(=O)N1Cc2ccccc2C1. The Hall–Kier alpha value is -1.37. The van der Waals surface area contributed by atoms with Crippen LogP contribution in [0.4, 0.5) is 0 Å². The summed E-state index contributed by atoms with van der Waals surface area (Å²) in [5.41, 5.74) is 2.99. The van der Waals surface area contributed by atoms with E-state index in [1.54, 1.807) is 6.92 Å². The molecule has 2 heterocycles. The molecule has 0 saturated carbocycles. The van der Waals surface area contributed by atoms with Crippen LogP contribution in [0.5, 0.6) is 0 Å². The van der Waals surface area contributed by atoms with E-state index < -0.39 is 10.0 Å². The zero-order valence-corrected chi connectivity index (χ0v) is 12.5. The van der Waals surface area contributed by atoms with E-state index in [9.17, 15) is 8.42 Å². The Morgan fingerprint density at radius 3 is 2.45 bits per heavy atom. The molecule has 3 rings (SSSR count). The average Bonchev–Trinajstić information content (AvgIpc) is 3.02. The minimum Gasteiger partial charge on any atom is -0.281 e. The maximum absolute atomic E-state index is 12.8. The number of fused-ring (bicyclic) bond motifs is 1. The third kappa shape index (κ3) is 2.04. The number of nitrogens with one attached hydrogen (secondary N) is 1. The molecule has 0 unspecified atom stereocenters. The standard InChI is InChI=1S/C13H14ClN3O2S/c1-9-13(12(6-14)16-15-9)20(18,19)17-7-10-4-2-3-5-11(10)8-17/h2-5H,6-8H2,1H3,(H,15,16). The Bertz CT molecular complexity index is 730. The van der Waals surface area contributed by atoms with Crippen molar-refractivity contribution in [2.45, 2.75) is 30.8 Å². The van der Waals surface area contributed by atoms with Gasteiger partial charge >= 0.3 is 0 Å². The van der Waals surface area contributed by atoms with Crippen molar-refractivity contribution in [1.82, 2.24) is 14.5 Å². The average molecular weight is 312 g/mol. The number of aromatic nitrogens is 2. The number of nitrogens with zero attached hydrogens (tertiary/aromatic N) is 2. The van der Waals surface area contributed by atoms with Gasteiger partial charge in [-0.15, -0.1) is 11.6 Å². The molecule has 0 aliphatic carbocycles. The summed E-state index contributed by atoms with van der Waals surface area (Å²) < 4.78 is 27.0. The first-order chi connectivity index (χ1) is 9.54. The molecule has 0 amide bonds. The molecule has 1 aromatic heterocycles. The van der Waals surface area contributed by atoms with Crippen molar-refractivity contribution in [3.63, 3.8) is 0 Å². The van der Waals surface area contributed by atoms with Crippen LogP contribution in [0.25, 0.3) is 0 Å². The predicted molar refractivity (Wildman–Crippen MR) is 75.8 cm³/mol. The van der Waals surface area contributed by atoms with Crippen LogP contribution in [-0.2, 0) is 29.0 Å². The monoisotopic (exact) mass is 311 g/mol. The fourth-order valence-electron chi connectivity index (χ4n) is 2.50. The molecule has 0 bridgehead atoms. The van der Waals surface area contributed by atoms with Gasteiger partial charge in [0.2, 0.25) is 10.0 Å². The summed E-state index contributed by atoms with van der Waals surface area (Å²) in [7, 11) is -3.58. The van der Waals surface area contributed by atoms with E-state index in [0.29, 0.717) is 24.5 Å². The van der Waals surface area contributed by atoms with E-state index in [-0.39, 0.29) is 10.8 Å². The van der Waals surface area contributed by atoms with Crippen LogP contribution < -0.4 is 0 Å². The molecule has 0 atom stereocenters. The number of rotatable bonds is 3. The maximum Gasteiger partial charge on any atom is 0.247 e. The summed E-state index contributed by atoms with van der Waals surface area (Å²) >= 11 is 5.78. The van der Waals surface area contributed by atoms with E-state index in [2.05, 4.69) is 10.2 Å². The van der Waals surface area contributed by atoms with Crippen LogP contribution in [-0.4, -0.2) is 22.9 Å². The van der Waals surface area contributed by atoms with Gasteiger partial charge in [-0.3, -0.25) is 5.10 Å². The predicted octanol–water partition coefficient (Wildman–Crippen LogP) is 2.16. The van der Waals surface area contributed by atoms with Gasteiger partial charge in [-0.25, -0.2) is 8.42 Å². The lowest BCUT2D eigenvalue weighted by Crippen LogP contribution is -2.26. The van der Waals surface area contributed by atoms with Crippen LogP contribution in [0.15, 0.2) is 29.2 Å². The van der Waals surface area contributed by atoms with Crippen molar-refractivity contribution < 1.29 is 8.42 Å². The molecule has 1 aromatic carbocycles. The Kier molecular flexibility index (Phi) is 3.32. The number of alkyl halides is 1. The summed E-state index contributed by atoms with van der Waals surface area (Å²) in [6.07, 6.45) is 0. The van der Waals surface area contributed by atoms with Gasteiger partial charge in [-0.2, -0.15) is 9.40 Å². The quantitative estimate of drug-likeness (QED) is 0.883. The van der Waals surface area contributed by atoms with Crippen LogP contribution in [0.1, 0.15) is 22.5 Å². The second kappa shape index (κ2) is 4.87. The molecule has 1 N–H and O–H groups in total. The Labute approximate surface area is 122 Å². The van der Waals surface area contributed by atoms with Crippen molar-refractivity contribution in [3.8, 4) is 0 Å². The van der Waals surface area contributed by atoms with Gasteiger partial charge in [0.25, 0.3) is 0 Å². The van der Waals surface area contributed by atoms with Crippen LogP contribution in [0, 0.1) is 6.92 Å². The number of hydrogen-bond donors (Lipinski definition) is 1. The Morgan fingerprint density at radius 1 is 1.30 bits per heavy atom. The van der Waals surface area contributed by atoms with Crippen molar-refractivity contribution in [1.29, 1.82) is 0 Å². The van der Waals surface area contributed by atoms with E-state index in [1.807, 2.05) is 24.3 Å². The van der Waals surface area contributed by atoms with E-state index in [0.717, 1.165) is 11.1 Å². The lowest BCUT2D eigenvalue weighted by molar-refractivity contribution is 0.431. The molecule has 7 heteroatoms. The second-order valence-electron chi connectivity index (χ2n) is 4.80. The highest BCUT2D eigenvalue weighted by Gasteiger charge is 2.34. The molecule has 0 spiro atoms. The van der Waals surface area contributed by atoms with Crippen LogP contribution in [0.2, 0.25) is 0 Å². The van der Waals surface area contributed by atoms with Gasteiger partial charge in [-0.05, 0) is 18.1 Å². The number of halogens is 1. The highest BCUT2D eigenvalue weighted by Crippen LogP contribution is 2.31. The first-order valence-electron chi connectivity index (χ1n) is 6.20. The molecule has 106 valence electrons. The number of sulfonamides is 1. The number of benzene rings is 1. The normalized spacial score (nSPS) is 15.5. The highest BCUT2D eigenvalue weighted by molar-refractivity contribution is 7.89. The van der Waals surface area contributed by atoms with Gasteiger partial charge in [0.1, 0.15) is 4.90 Å². The molecule has 1 aliphatic rings. The van der Waals surface area contributed by atoms with E-state index >= 15 is 0 Å². The van der Waals surface area contributed by atoms with Crippen LogP contribution >= 0.6 is 11.6 Å². The maximum atomic E-state index is 12.8. The minimum atomic E-state index is -3.58. The second-order valence-corrected chi connectivity index (χ2v) is 6.94. The van der Waals surface area contributed by atoms with E-state index in [4.69, 9.17) is 11.6 Å². The largest absolute Gasteiger partial charge is 0.281 e. The molecule has 0 fully saturated rings. The lowest BCUT2D eigenvalue weighted by atomic mass is 10.1. The van der Waals surface area contributed by atoms with Gasteiger partial charge in [0.05, 0.1) is 17.3 Å². The summed E-state index contributed by atoms with van der Waals surface area (Å²) in [5, 5.41) is 6.66. The molecule has 0 saturated heterocycles. The van der Waals surface area contributed by atoms with Gasteiger partial charge in [0, 0.05) is 13.1 Å². The van der Waals surface area contributed by atoms with Crippen molar-refractivity contribution in [2.75, 3.05) is 0 Å². The molecule has 2 aromatic rings. The smallest absolute Gasteiger partial charge is 0.247 e. The highest BCUT2D eigenvalue weighted by atomic mass is 35.5. The lowest BCUT2D eigenvalue weighted by Gasteiger charge is -2.15. The van der Waals surface area contributed by atoms with Crippen LogP contribution in [0.3, 0.4) is 0 Å². The number of aromatic amines is 1. The molecule has 1 aliphatic heterocycles. The van der Waals surface area contributed by atoms with Gasteiger partial charge in [0.15, 0.2) is 0 Å². The van der Waals surface area contributed by atoms with Crippen molar-refractivity contribution in [2.24, 2.45) is 0 Å². The fraction of sp³-hybridized carbons (Fsp3) is 0.308. The topological polar surface area (TPSA) is 66.1 Å². The Morgan fingerprint density at radius 2 is 1.90 bits per heavy atom. The zero-order valence-electron chi connectivity index (χ0n) is 10.9. The van der Waals surface area contributed by atoms with Gasteiger partial charge < -0.3 is 0 Å². The summed E-state index contributed by atoms with van der Waals surface area (Å²) in [5.74, 6) is 0.0691. The first kappa shape index (κ1) is 13.6. The summed E-state index contributed by atoms with van der Waals surface area (Å²) in [4.78, 5) is 0.209. The molecule has 0 radical (unpaired) electrons. The Balaban J connectivity index is 2.01. The fourth-order valence-corrected chi connectivity index (χ4v) is 4.50. The first-order valence-corrected chi connectivity index (χ1v) is 8.18. The zero-order chi connectivity index (χ0) is 14.3. The molecular formula is C13H14ClN3O2S. The molecule has 20 heavy (non-hydrogen) atoms. The minimum absolute atomic E-state index is 0.0691. The third-order valence-corrected chi connectivity index (χ3v) is 5.75. The molecular weight excluding hydrogens is 298 g/mol. The van der Waals surface area contributed by atoms with Crippen molar-refractivity contribution >= 4 is 21.6 Å². The van der Waals surface area contributed by atoms with Crippen molar-refractivity contribution in [3.05, 3.63) is 46.8 Å². The van der Waals surface area contributed by atoms with E-state index in [1.165, 1.54) is 4.31 Å². The third-order valence-electron chi connectivity index (χ3n) is 3.50. The van der Waals surface area contributed by atoms with Gasteiger partial charge in [-0.1, -0.05) is 24.3 Å². The summed E-state index contributed by atoms with van der Waals surface area (Å²) in [6.45, 7) is 2.48. The molecule has 5 nitrogen and oxygen atoms in total.